The molecule has 1 atom stereocenters. The van der Waals surface area contributed by atoms with E-state index in [0.29, 0.717) is 12.4 Å². The molecule has 0 radical (unpaired) electrons. The van der Waals surface area contributed by atoms with E-state index < -0.39 is 17.8 Å². The van der Waals surface area contributed by atoms with Crippen molar-refractivity contribution in [2.45, 2.75) is 45.1 Å². The lowest BCUT2D eigenvalue weighted by Gasteiger charge is -2.31. The number of aliphatic hydroxyl groups excluding tert-OH is 1. The van der Waals surface area contributed by atoms with Crippen molar-refractivity contribution in [1.82, 2.24) is 9.97 Å². The van der Waals surface area contributed by atoms with Crippen molar-refractivity contribution in [3.63, 3.8) is 0 Å². The van der Waals surface area contributed by atoms with E-state index in [0.717, 1.165) is 31.5 Å². The Balaban J connectivity index is 1.88. The number of aliphatic hydroxyl groups is 1. The highest BCUT2D eigenvalue weighted by molar-refractivity contribution is 5.64. The van der Waals surface area contributed by atoms with Crippen molar-refractivity contribution in [3.05, 3.63) is 36.0 Å². The molecule has 152 valence electrons. The molecule has 1 saturated heterocycles. The van der Waals surface area contributed by atoms with Crippen molar-refractivity contribution >= 4 is 17.5 Å². The van der Waals surface area contributed by atoms with E-state index in [2.05, 4.69) is 15.3 Å². The Morgan fingerprint density at radius 1 is 1.29 bits per heavy atom. The Labute approximate surface area is 161 Å². The van der Waals surface area contributed by atoms with Crippen LogP contribution in [0, 0.1) is 0 Å². The van der Waals surface area contributed by atoms with Gasteiger partial charge in [0, 0.05) is 19.3 Å². The fraction of sp³-hybridized carbons (Fsp3) is 0.474. The van der Waals surface area contributed by atoms with Gasteiger partial charge in [0.25, 0.3) is 0 Å². The van der Waals surface area contributed by atoms with Crippen LogP contribution in [0.3, 0.4) is 0 Å². The maximum Gasteiger partial charge on any atom is 0.416 e. The number of alkyl halides is 3. The van der Waals surface area contributed by atoms with Crippen LogP contribution >= 0.6 is 0 Å². The smallest absolute Gasteiger partial charge is 0.416 e. The van der Waals surface area contributed by atoms with Gasteiger partial charge in [-0.2, -0.15) is 18.2 Å². The Morgan fingerprint density at radius 2 is 2.07 bits per heavy atom. The zero-order chi connectivity index (χ0) is 20.3. The molecule has 1 unspecified atom stereocenters. The van der Waals surface area contributed by atoms with Crippen molar-refractivity contribution in [3.8, 4) is 5.75 Å². The van der Waals surface area contributed by atoms with Crippen LogP contribution in [0.2, 0.25) is 0 Å². The lowest BCUT2D eigenvalue weighted by atomic mass is 10.1. The second-order valence-corrected chi connectivity index (χ2v) is 6.98. The fourth-order valence-corrected chi connectivity index (χ4v) is 3.03. The van der Waals surface area contributed by atoms with Gasteiger partial charge < -0.3 is 20.1 Å². The van der Waals surface area contributed by atoms with Crippen molar-refractivity contribution < 1.29 is 23.0 Å². The number of aromatic nitrogens is 2. The molecule has 3 rings (SSSR count). The molecule has 28 heavy (non-hydrogen) atoms. The molecule has 6 nitrogen and oxygen atoms in total. The van der Waals surface area contributed by atoms with E-state index in [1.54, 1.807) is 19.9 Å². The average Bonchev–Trinajstić information content (AvgIpc) is 2.62. The van der Waals surface area contributed by atoms with E-state index >= 15 is 0 Å². The van der Waals surface area contributed by atoms with Crippen LogP contribution in [-0.4, -0.2) is 40.4 Å². The lowest BCUT2D eigenvalue weighted by molar-refractivity contribution is -0.137. The lowest BCUT2D eigenvalue weighted by Crippen LogP contribution is -2.38. The van der Waals surface area contributed by atoms with Gasteiger partial charge >= 0.3 is 6.18 Å². The minimum atomic E-state index is -4.47. The Morgan fingerprint density at radius 3 is 2.75 bits per heavy atom. The first-order valence-electron chi connectivity index (χ1n) is 9.13. The molecule has 1 fully saturated rings. The zero-order valence-corrected chi connectivity index (χ0v) is 15.7. The molecule has 9 heteroatoms. The number of nitrogens with one attached hydrogen (secondary N) is 1. The predicted octanol–water partition coefficient (Wildman–Crippen LogP) is 3.99. The number of β-amino-alcohol motifs (C(OH)–C–C–N with tert-alkyl or cyclic N) is 1. The highest BCUT2D eigenvalue weighted by Gasteiger charge is 2.31. The number of ether oxygens (including phenoxy) is 1. The van der Waals surface area contributed by atoms with Crippen LogP contribution in [-0.2, 0) is 6.18 Å². The van der Waals surface area contributed by atoms with Crippen LogP contribution in [0.25, 0.3) is 0 Å². The molecule has 0 saturated carbocycles. The number of piperidine rings is 1. The molecule has 2 aromatic rings. The SMILES string of the molecule is CC(C)Oc1ccc(C(F)(F)F)cc1Nc1nccc(N2CCCC(O)C2)n1. The molecule has 2 N–H and O–H groups in total. The number of rotatable bonds is 5. The summed E-state index contributed by atoms with van der Waals surface area (Å²) in [6, 6.07) is 4.96. The van der Waals surface area contributed by atoms with E-state index in [-0.39, 0.29) is 23.5 Å². The molecule has 1 aromatic heterocycles. The summed E-state index contributed by atoms with van der Waals surface area (Å²) in [4.78, 5) is 10.4. The van der Waals surface area contributed by atoms with E-state index in [1.807, 2.05) is 4.90 Å². The summed E-state index contributed by atoms with van der Waals surface area (Å²) < 4.78 is 45.0. The maximum absolute atomic E-state index is 13.1. The number of hydrogen-bond donors (Lipinski definition) is 2. The van der Waals surface area contributed by atoms with Crippen LogP contribution < -0.4 is 15.0 Å². The van der Waals surface area contributed by atoms with Gasteiger partial charge in [-0.3, -0.25) is 0 Å². The van der Waals surface area contributed by atoms with E-state index in [9.17, 15) is 18.3 Å². The second-order valence-electron chi connectivity index (χ2n) is 6.98. The number of anilines is 3. The van der Waals surface area contributed by atoms with Gasteiger partial charge in [0.05, 0.1) is 23.5 Å². The minimum absolute atomic E-state index is 0.138. The Hall–Kier alpha value is -2.55. The van der Waals surface area contributed by atoms with E-state index in [1.165, 1.54) is 12.3 Å². The van der Waals surface area contributed by atoms with Crippen molar-refractivity contribution in [1.29, 1.82) is 0 Å². The fourth-order valence-electron chi connectivity index (χ4n) is 3.03. The van der Waals surface area contributed by atoms with Crippen LogP contribution in [0.5, 0.6) is 5.75 Å². The monoisotopic (exact) mass is 396 g/mol. The first-order chi connectivity index (χ1) is 13.2. The molecule has 0 spiro atoms. The quantitative estimate of drug-likeness (QED) is 0.797. The normalized spacial score (nSPS) is 17.7. The topological polar surface area (TPSA) is 70.5 Å². The molecule has 1 aliphatic heterocycles. The van der Waals surface area contributed by atoms with E-state index in [4.69, 9.17) is 4.74 Å². The minimum Gasteiger partial charge on any atom is -0.489 e. The summed E-state index contributed by atoms with van der Waals surface area (Å²) in [6.07, 6.45) is -1.99. The molecule has 1 aliphatic rings. The van der Waals surface area contributed by atoms with Crippen molar-refractivity contribution in [2.24, 2.45) is 0 Å². The van der Waals surface area contributed by atoms with Crippen molar-refractivity contribution in [2.75, 3.05) is 23.3 Å². The molecule has 0 aliphatic carbocycles. The molecule has 2 heterocycles. The van der Waals surface area contributed by atoms with Gasteiger partial charge in [-0.05, 0) is 51.0 Å². The van der Waals surface area contributed by atoms with Gasteiger partial charge in [-0.25, -0.2) is 4.98 Å². The second kappa shape index (κ2) is 8.22. The number of halogens is 3. The molecule has 1 aromatic carbocycles. The van der Waals surface area contributed by atoms with Gasteiger partial charge in [0.1, 0.15) is 11.6 Å². The standard InChI is InChI=1S/C19H23F3N4O2/c1-12(2)28-16-6-5-13(19(20,21)22)10-15(16)24-18-23-8-7-17(25-18)26-9-3-4-14(27)11-26/h5-8,10,12,14,27H,3-4,9,11H2,1-2H3,(H,23,24,25). The van der Waals surface area contributed by atoms with Crippen LogP contribution in [0.4, 0.5) is 30.6 Å². The largest absolute Gasteiger partial charge is 0.489 e. The molecular formula is C19H23F3N4O2. The van der Waals surface area contributed by atoms with Gasteiger partial charge in [0.15, 0.2) is 0 Å². The third-order valence-electron chi connectivity index (χ3n) is 4.28. The first-order valence-corrected chi connectivity index (χ1v) is 9.13. The molecule has 0 amide bonds. The number of benzene rings is 1. The summed E-state index contributed by atoms with van der Waals surface area (Å²) in [7, 11) is 0. The first kappa shape index (κ1) is 20.2. The summed E-state index contributed by atoms with van der Waals surface area (Å²) in [5.74, 6) is 1.05. The van der Waals surface area contributed by atoms with Crippen LogP contribution in [0.15, 0.2) is 30.5 Å². The Bertz CT molecular complexity index is 814. The summed E-state index contributed by atoms with van der Waals surface area (Å²) in [6.45, 7) is 4.79. The van der Waals surface area contributed by atoms with Crippen LogP contribution in [0.1, 0.15) is 32.3 Å². The Kier molecular flexibility index (Phi) is 5.93. The maximum atomic E-state index is 13.1. The third kappa shape index (κ3) is 5.03. The average molecular weight is 396 g/mol. The summed E-state index contributed by atoms with van der Waals surface area (Å²) >= 11 is 0. The highest BCUT2D eigenvalue weighted by atomic mass is 19.4. The van der Waals surface area contributed by atoms with Gasteiger partial charge in [-0.15, -0.1) is 0 Å². The highest BCUT2D eigenvalue weighted by Crippen LogP contribution is 2.36. The third-order valence-corrected chi connectivity index (χ3v) is 4.28. The predicted molar refractivity (Wildman–Crippen MR) is 100.0 cm³/mol. The number of hydrogen-bond acceptors (Lipinski definition) is 6. The van der Waals surface area contributed by atoms with Gasteiger partial charge in [0.2, 0.25) is 5.95 Å². The zero-order valence-electron chi connectivity index (χ0n) is 15.7. The molecule has 0 bridgehead atoms. The summed E-state index contributed by atoms with van der Waals surface area (Å²) in [5.41, 5.74) is -0.652. The molecular weight excluding hydrogens is 373 g/mol. The summed E-state index contributed by atoms with van der Waals surface area (Å²) in [5, 5.41) is 12.7. The van der Waals surface area contributed by atoms with Gasteiger partial charge in [-0.1, -0.05) is 0 Å². The number of nitrogens with zero attached hydrogens (tertiary/aromatic N) is 3.